The van der Waals surface area contributed by atoms with E-state index in [2.05, 4.69) is 30.3 Å². The van der Waals surface area contributed by atoms with Gasteiger partial charge < -0.3 is 15.0 Å². The second-order valence-electron chi connectivity index (χ2n) is 9.11. The van der Waals surface area contributed by atoms with Crippen LogP contribution in [0.2, 0.25) is 5.15 Å². The molecule has 2 aliphatic heterocycles. The number of hydrogen-bond donors (Lipinski definition) is 2. The van der Waals surface area contributed by atoms with Crippen LogP contribution in [0.5, 0.6) is 0 Å². The Morgan fingerprint density at radius 1 is 1.18 bits per heavy atom. The van der Waals surface area contributed by atoms with Gasteiger partial charge in [-0.15, -0.1) is 0 Å². The van der Waals surface area contributed by atoms with Crippen LogP contribution < -0.4 is 5.32 Å². The number of halogens is 5. The molecule has 2 N–H and O–H groups in total. The van der Waals surface area contributed by atoms with Gasteiger partial charge in [-0.3, -0.25) is 4.90 Å². The topological polar surface area (TPSA) is 83.9 Å². The van der Waals surface area contributed by atoms with Gasteiger partial charge in [0.25, 0.3) is 0 Å². The van der Waals surface area contributed by atoms with Crippen LogP contribution in [0.15, 0.2) is 12.4 Å². The standard InChI is InChI=1S/C21H22ClF4N7O/c22-18-14(6-28-33(18)15-3-4-32(7-13(15)23)11-8-34-9-11)29-20-30-17(10-1-2-10)16-12(21(24,25)26)5-27-19(16)31-20/h5-6,10-11,13,15H,1-4,7-9H2,(H2,27,29,30,31)/t13?,15-/m0/s1. The number of nitrogens with zero attached hydrogens (tertiary/aromatic N) is 5. The summed E-state index contributed by atoms with van der Waals surface area (Å²) in [7, 11) is 0. The van der Waals surface area contributed by atoms with E-state index in [-0.39, 0.29) is 40.6 Å². The largest absolute Gasteiger partial charge is 0.418 e. The number of rotatable bonds is 5. The Morgan fingerprint density at radius 2 is 1.97 bits per heavy atom. The number of piperidine rings is 1. The third-order valence-electron chi connectivity index (χ3n) is 6.80. The van der Waals surface area contributed by atoms with Crippen molar-refractivity contribution in [3.8, 4) is 0 Å². The minimum Gasteiger partial charge on any atom is -0.378 e. The van der Waals surface area contributed by atoms with E-state index in [4.69, 9.17) is 16.3 Å². The Bertz CT molecular complexity index is 1220. The Balaban J connectivity index is 1.25. The van der Waals surface area contributed by atoms with Crippen molar-refractivity contribution in [1.29, 1.82) is 0 Å². The van der Waals surface area contributed by atoms with E-state index < -0.39 is 24.0 Å². The van der Waals surface area contributed by atoms with Crippen molar-refractivity contribution in [3.05, 3.63) is 28.8 Å². The van der Waals surface area contributed by atoms with Gasteiger partial charge in [-0.1, -0.05) is 11.6 Å². The second kappa shape index (κ2) is 8.06. The average Bonchev–Trinajstić information content (AvgIpc) is 3.40. The molecule has 0 radical (unpaired) electrons. The van der Waals surface area contributed by atoms with E-state index in [0.717, 1.165) is 25.6 Å². The van der Waals surface area contributed by atoms with Crippen molar-refractivity contribution in [2.45, 2.75) is 49.6 Å². The normalized spacial score (nSPS) is 24.5. The third-order valence-corrected chi connectivity index (χ3v) is 7.18. The maximum absolute atomic E-state index is 15.0. The lowest BCUT2D eigenvalue weighted by Gasteiger charge is -2.42. The van der Waals surface area contributed by atoms with Gasteiger partial charge in [0.15, 0.2) is 5.15 Å². The predicted octanol–water partition coefficient (Wildman–Crippen LogP) is 4.43. The number of H-pyrrole nitrogens is 1. The van der Waals surface area contributed by atoms with Crippen molar-refractivity contribution < 1.29 is 22.3 Å². The van der Waals surface area contributed by atoms with Crippen LogP contribution in [-0.4, -0.2) is 68.1 Å². The number of nitrogens with one attached hydrogen (secondary N) is 2. The van der Waals surface area contributed by atoms with Crippen LogP contribution in [0.4, 0.5) is 29.2 Å². The summed E-state index contributed by atoms with van der Waals surface area (Å²) in [5.41, 5.74) is 0.0650. The van der Waals surface area contributed by atoms with Crippen LogP contribution in [0, 0.1) is 0 Å². The molecule has 3 aliphatic rings. The molecule has 2 saturated heterocycles. The summed E-state index contributed by atoms with van der Waals surface area (Å²) in [6, 6.07) is -0.244. The van der Waals surface area contributed by atoms with Crippen LogP contribution in [0.1, 0.15) is 42.5 Å². The van der Waals surface area contributed by atoms with Gasteiger partial charge in [-0.2, -0.15) is 23.3 Å². The van der Waals surface area contributed by atoms with Gasteiger partial charge in [0.1, 0.15) is 11.8 Å². The summed E-state index contributed by atoms with van der Waals surface area (Å²) in [4.78, 5) is 13.3. The fraction of sp³-hybridized carbons (Fsp3) is 0.571. The van der Waals surface area contributed by atoms with Crippen molar-refractivity contribution >= 4 is 34.3 Å². The number of aromatic amines is 1. The van der Waals surface area contributed by atoms with Gasteiger partial charge in [-0.05, 0) is 19.3 Å². The lowest BCUT2D eigenvalue weighted by molar-refractivity contribution is -0.136. The Hall–Kier alpha value is -2.44. The highest BCUT2D eigenvalue weighted by atomic mass is 35.5. The zero-order chi connectivity index (χ0) is 23.6. The Kier molecular flexibility index (Phi) is 5.23. The van der Waals surface area contributed by atoms with E-state index >= 15 is 0 Å². The smallest absolute Gasteiger partial charge is 0.378 e. The first-order chi connectivity index (χ1) is 16.3. The van der Waals surface area contributed by atoms with E-state index in [1.807, 2.05) is 0 Å². The van der Waals surface area contributed by atoms with Crippen molar-refractivity contribution in [2.24, 2.45) is 0 Å². The summed E-state index contributed by atoms with van der Waals surface area (Å²) in [5.74, 6) is 0.0720. The molecule has 2 atom stereocenters. The minimum atomic E-state index is -4.51. The van der Waals surface area contributed by atoms with Gasteiger partial charge in [-0.25, -0.2) is 14.1 Å². The van der Waals surface area contributed by atoms with Gasteiger partial charge in [0.05, 0.1) is 53.8 Å². The van der Waals surface area contributed by atoms with E-state index in [0.29, 0.717) is 31.0 Å². The second-order valence-corrected chi connectivity index (χ2v) is 9.47. The van der Waals surface area contributed by atoms with Crippen molar-refractivity contribution in [1.82, 2.24) is 29.6 Å². The van der Waals surface area contributed by atoms with E-state index in [9.17, 15) is 17.6 Å². The van der Waals surface area contributed by atoms with Crippen LogP contribution >= 0.6 is 11.6 Å². The minimum absolute atomic E-state index is 0.00577. The molecule has 3 aromatic heterocycles. The molecule has 13 heteroatoms. The predicted molar refractivity (Wildman–Crippen MR) is 116 cm³/mol. The molecule has 6 rings (SSSR count). The fourth-order valence-electron chi connectivity index (χ4n) is 4.73. The van der Waals surface area contributed by atoms with E-state index in [1.165, 1.54) is 10.9 Å². The molecule has 5 heterocycles. The summed E-state index contributed by atoms with van der Waals surface area (Å²) in [6.07, 6.45) is -1.17. The molecule has 0 aromatic carbocycles. The molecule has 182 valence electrons. The highest BCUT2D eigenvalue weighted by Crippen LogP contribution is 2.46. The summed E-state index contributed by atoms with van der Waals surface area (Å²) < 4.78 is 62.0. The van der Waals surface area contributed by atoms with Crippen molar-refractivity contribution in [2.75, 3.05) is 31.6 Å². The molecule has 0 bridgehead atoms. The summed E-state index contributed by atoms with van der Waals surface area (Å²) in [5, 5.41) is 7.46. The fourth-order valence-corrected chi connectivity index (χ4v) is 5.00. The van der Waals surface area contributed by atoms with E-state index in [1.54, 1.807) is 0 Å². The molecule has 8 nitrogen and oxygen atoms in total. The molecule has 1 unspecified atom stereocenters. The molecule has 1 aliphatic carbocycles. The zero-order valence-electron chi connectivity index (χ0n) is 17.9. The van der Waals surface area contributed by atoms with Gasteiger partial charge in [0, 0.05) is 25.2 Å². The number of fused-ring (bicyclic) bond motifs is 1. The highest BCUT2D eigenvalue weighted by Gasteiger charge is 2.39. The first-order valence-electron chi connectivity index (χ1n) is 11.2. The third kappa shape index (κ3) is 3.81. The molecule has 3 fully saturated rings. The summed E-state index contributed by atoms with van der Waals surface area (Å²) >= 11 is 6.53. The first-order valence-corrected chi connectivity index (χ1v) is 11.6. The number of hydrogen-bond acceptors (Lipinski definition) is 6. The number of likely N-dealkylation sites (tertiary alicyclic amines) is 1. The molecule has 0 spiro atoms. The van der Waals surface area contributed by atoms with Gasteiger partial charge in [0.2, 0.25) is 5.95 Å². The lowest BCUT2D eigenvalue weighted by atomic mass is 10.0. The molecule has 0 amide bonds. The lowest BCUT2D eigenvalue weighted by Crippen LogP contribution is -2.55. The Labute approximate surface area is 196 Å². The maximum Gasteiger partial charge on any atom is 0.418 e. The molecular formula is C21H22ClF4N7O. The maximum atomic E-state index is 15.0. The molecule has 34 heavy (non-hydrogen) atoms. The highest BCUT2D eigenvalue weighted by molar-refractivity contribution is 6.32. The molecule has 1 saturated carbocycles. The quantitative estimate of drug-likeness (QED) is 0.505. The average molecular weight is 500 g/mol. The number of anilines is 2. The number of alkyl halides is 4. The number of ether oxygens (including phenoxy) is 1. The summed E-state index contributed by atoms with van der Waals surface area (Å²) in [6.45, 7) is 2.27. The monoisotopic (exact) mass is 499 g/mol. The molecular weight excluding hydrogens is 478 g/mol. The van der Waals surface area contributed by atoms with Crippen LogP contribution in [0.25, 0.3) is 11.0 Å². The SMILES string of the molecule is FC1CN(C2COC2)CC[C@@H]1n1ncc(Nc2nc(C3CC3)c3c(C(F)(F)F)c[nH]c3n2)c1Cl. The zero-order valence-corrected chi connectivity index (χ0v) is 18.7. The molecule has 3 aromatic rings. The van der Waals surface area contributed by atoms with Crippen molar-refractivity contribution in [3.63, 3.8) is 0 Å². The Morgan fingerprint density at radius 3 is 2.62 bits per heavy atom. The van der Waals surface area contributed by atoms with Crippen LogP contribution in [0.3, 0.4) is 0 Å². The van der Waals surface area contributed by atoms with Crippen LogP contribution in [-0.2, 0) is 10.9 Å². The first kappa shape index (κ1) is 22.1. The van der Waals surface area contributed by atoms with Gasteiger partial charge >= 0.3 is 6.18 Å². The number of aromatic nitrogens is 5.